The minimum absolute atomic E-state index is 0.128. The smallest absolute Gasteiger partial charge is 0.299 e. The Morgan fingerprint density at radius 1 is 0.892 bits per heavy atom. The van der Waals surface area contributed by atoms with Crippen LogP contribution in [-0.4, -0.2) is 23.9 Å². The van der Waals surface area contributed by atoms with Crippen LogP contribution in [-0.2, 0) is 4.79 Å². The van der Waals surface area contributed by atoms with Crippen LogP contribution in [0.1, 0.15) is 53.6 Å². The lowest BCUT2D eigenvalue weighted by Gasteiger charge is -2.19. The Labute approximate surface area is 227 Å². The normalized spacial score (nSPS) is 14.4. The molecule has 2 atom stereocenters. The van der Waals surface area contributed by atoms with Crippen molar-refractivity contribution < 1.29 is 40.3 Å². The standard InChI is InChI=1S/C24H17Cl4F7O2/c1-11(4-14(36)10-23(30,31)32)5-21(37)15-3-2-12(6-17(15)25)20(29)9-16(24(33,34)35)13-7-18(26)22(28)19(27)8-13/h2-3,6-9,11,16H,4-5,10H2,1H3/b20-9-/t11-,16?/m1/s1. The molecular weight excluding hydrogens is 595 g/mol. The van der Waals surface area contributed by atoms with Gasteiger partial charge in [0.1, 0.15) is 23.9 Å². The highest BCUT2D eigenvalue weighted by molar-refractivity contribution is 6.48. The maximum atomic E-state index is 14.9. The summed E-state index contributed by atoms with van der Waals surface area (Å²) >= 11 is 23.4. The summed E-state index contributed by atoms with van der Waals surface area (Å²) in [5.41, 5.74) is -0.957. The number of hydrogen-bond donors (Lipinski definition) is 0. The van der Waals surface area contributed by atoms with E-state index in [1.807, 2.05) is 0 Å². The van der Waals surface area contributed by atoms with Crippen LogP contribution in [0, 0.1) is 5.92 Å². The van der Waals surface area contributed by atoms with Crippen LogP contribution >= 0.6 is 46.4 Å². The fourth-order valence-electron chi connectivity index (χ4n) is 3.45. The third-order valence-electron chi connectivity index (χ3n) is 5.08. The van der Waals surface area contributed by atoms with E-state index in [-0.39, 0.29) is 43.7 Å². The van der Waals surface area contributed by atoms with Gasteiger partial charge in [0.15, 0.2) is 5.78 Å². The molecule has 0 saturated carbocycles. The van der Waals surface area contributed by atoms with Crippen molar-refractivity contribution in [1.82, 2.24) is 0 Å². The average molecular weight is 612 g/mol. The van der Waals surface area contributed by atoms with Crippen LogP contribution in [0.2, 0.25) is 20.1 Å². The number of hydrogen-bond acceptors (Lipinski definition) is 2. The van der Waals surface area contributed by atoms with E-state index in [1.165, 1.54) is 6.92 Å². The molecule has 2 nitrogen and oxygen atoms in total. The number of rotatable bonds is 9. The van der Waals surface area contributed by atoms with Crippen molar-refractivity contribution in [3.8, 4) is 0 Å². The molecule has 2 aromatic rings. The number of benzene rings is 2. The van der Waals surface area contributed by atoms with Gasteiger partial charge in [-0.3, -0.25) is 9.59 Å². The van der Waals surface area contributed by atoms with Gasteiger partial charge in [0.05, 0.1) is 20.1 Å². The van der Waals surface area contributed by atoms with Crippen molar-refractivity contribution in [3.63, 3.8) is 0 Å². The molecule has 0 spiro atoms. The van der Waals surface area contributed by atoms with E-state index < -0.39 is 60.0 Å². The van der Waals surface area contributed by atoms with Crippen LogP contribution < -0.4 is 0 Å². The Morgan fingerprint density at radius 2 is 1.46 bits per heavy atom. The minimum atomic E-state index is -4.93. The third kappa shape index (κ3) is 9.16. The maximum Gasteiger partial charge on any atom is 0.399 e. The summed E-state index contributed by atoms with van der Waals surface area (Å²) in [6.07, 6.45) is -11.7. The van der Waals surface area contributed by atoms with Crippen LogP contribution in [0.3, 0.4) is 0 Å². The van der Waals surface area contributed by atoms with Crippen LogP contribution in [0.4, 0.5) is 30.7 Å². The lowest BCUT2D eigenvalue weighted by Crippen LogP contribution is -2.19. The van der Waals surface area contributed by atoms with Gasteiger partial charge in [-0.2, -0.15) is 26.3 Å². The molecule has 0 fully saturated rings. The molecule has 0 aliphatic rings. The summed E-state index contributed by atoms with van der Waals surface area (Å²) in [4.78, 5) is 24.0. The molecule has 1 unspecified atom stereocenters. The van der Waals surface area contributed by atoms with Gasteiger partial charge >= 0.3 is 12.4 Å². The van der Waals surface area contributed by atoms with E-state index in [0.717, 1.165) is 30.3 Å². The first-order valence-corrected chi connectivity index (χ1v) is 11.9. The summed E-state index contributed by atoms with van der Waals surface area (Å²) in [7, 11) is 0. The zero-order valence-corrected chi connectivity index (χ0v) is 21.7. The summed E-state index contributed by atoms with van der Waals surface area (Å²) in [5, 5.41) is -0.968. The van der Waals surface area contributed by atoms with E-state index in [4.69, 9.17) is 46.4 Å². The van der Waals surface area contributed by atoms with Crippen molar-refractivity contribution >= 4 is 63.8 Å². The minimum Gasteiger partial charge on any atom is -0.299 e. The quantitative estimate of drug-likeness (QED) is 0.161. The first-order valence-electron chi connectivity index (χ1n) is 10.4. The number of carbonyl (C=O) groups excluding carboxylic acids is 2. The molecule has 13 heteroatoms. The molecule has 0 bridgehead atoms. The lowest BCUT2D eigenvalue weighted by molar-refractivity contribution is -0.152. The van der Waals surface area contributed by atoms with E-state index in [0.29, 0.717) is 0 Å². The van der Waals surface area contributed by atoms with Crippen molar-refractivity contribution in [2.45, 2.75) is 44.5 Å². The third-order valence-corrected chi connectivity index (χ3v) is 6.59. The molecule has 0 radical (unpaired) electrons. The van der Waals surface area contributed by atoms with E-state index >= 15 is 0 Å². The molecule has 2 aromatic carbocycles. The zero-order chi connectivity index (χ0) is 28.3. The number of carbonyl (C=O) groups is 2. The van der Waals surface area contributed by atoms with Gasteiger partial charge in [-0.15, -0.1) is 0 Å². The van der Waals surface area contributed by atoms with Crippen molar-refractivity contribution in [3.05, 3.63) is 73.2 Å². The maximum absolute atomic E-state index is 14.9. The largest absolute Gasteiger partial charge is 0.399 e. The van der Waals surface area contributed by atoms with E-state index in [2.05, 4.69) is 0 Å². The van der Waals surface area contributed by atoms with Crippen molar-refractivity contribution in [2.24, 2.45) is 5.92 Å². The molecule has 0 aliphatic heterocycles. The summed E-state index contributed by atoms with van der Waals surface area (Å²) in [6.45, 7) is 1.41. The Kier molecular flexibility index (Phi) is 10.5. The van der Waals surface area contributed by atoms with E-state index in [1.54, 1.807) is 0 Å². The number of ketones is 2. The van der Waals surface area contributed by atoms with Crippen LogP contribution in [0.15, 0.2) is 36.4 Å². The average Bonchev–Trinajstić information content (AvgIpc) is 2.72. The Morgan fingerprint density at radius 3 is 1.95 bits per heavy atom. The molecule has 0 aliphatic carbocycles. The molecule has 2 rings (SSSR count). The number of Topliss-reactive ketones (excluding diaryl/α,β-unsaturated/α-hetero) is 2. The van der Waals surface area contributed by atoms with Gasteiger partial charge in [-0.05, 0) is 41.8 Å². The second-order valence-electron chi connectivity index (χ2n) is 8.29. The number of halogens is 11. The van der Waals surface area contributed by atoms with Gasteiger partial charge in [0.2, 0.25) is 0 Å². The molecule has 0 saturated heterocycles. The lowest BCUT2D eigenvalue weighted by atomic mass is 9.93. The highest BCUT2D eigenvalue weighted by Gasteiger charge is 2.40. The first-order chi connectivity index (χ1) is 16.9. The van der Waals surface area contributed by atoms with Crippen molar-refractivity contribution in [2.75, 3.05) is 0 Å². The predicted molar refractivity (Wildman–Crippen MR) is 129 cm³/mol. The summed E-state index contributed by atoms with van der Waals surface area (Å²) < 4.78 is 92.9. The van der Waals surface area contributed by atoms with Crippen molar-refractivity contribution in [1.29, 1.82) is 0 Å². The molecule has 0 amide bonds. The van der Waals surface area contributed by atoms with Crippen LogP contribution in [0.5, 0.6) is 0 Å². The van der Waals surface area contributed by atoms with Gasteiger partial charge in [0.25, 0.3) is 0 Å². The van der Waals surface area contributed by atoms with Gasteiger partial charge in [-0.25, -0.2) is 4.39 Å². The fourth-order valence-corrected chi connectivity index (χ4v) is 4.35. The Hall–Kier alpha value is -1.81. The van der Waals surface area contributed by atoms with Gasteiger partial charge in [-0.1, -0.05) is 59.4 Å². The van der Waals surface area contributed by atoms with Gasteiger partial charge < -0.3 is 0 Å². The Balaban J connectivity index is 2.26. The predicted octanol–water partition coefficient (Wildman–Crippen LogP) is 10.1. The molecule has 0 N–H and O–H groups in total. The fraction of sp³-hybridized carbons (Fsp3) is 0.333. The molecule has 202 valence electrons. The number of allylic oxidation sites excluding steroid dienone is 1. The second kappa shape index (κ2) is 12.4. The Bertz CT molecular complexity index is 1180. The van der Waals surface area contributed by atoms with Gasteiger partial charge in [0, 0.05) is 24.0 Å². The molecule has 0 aromatic heterocycles. The summed E-state index contributed by atoms with van der Waals surface area (Å²) in [6, 6.07) is 4.87. The summed E-state index contributed by atoms with van der Waals surface area (Å²) in [5.74, 6) is -6.21. The molecule has 0 heterocycles. The zero-order valence-electron chi connectivity index (χ0n) is 18.7. The van der Waals surface area contributed by atoms with E-state index in [9.17, 15) is 40.3 Å². The number of alkyl halides is 6. The highest BCUT2D eigenvalue weighted by atomic mass is 35.5. The first kappa shape index (κ1) is 31.4. The van der Waals surface area contributed by atoms with Crippen LogP contribution in [0.25, 0.3) is 5.83 Å². The molecule has 37 heavy (non-hydrogen) atoms. The highest BCUT2D eigenvalue weighted by Crippen LogP contribution is 2.42. The SMILES string of the molecule is C[C@H](CC(=O)CC(F)(F)F)CC(=O)c1ccc(/C(F)=C/C(c2cc(Cl)c(Cl)c(Cl)c2)C(F)(F)F)cc1Cl. The topological polar surface area (TPSA) is 34.1 Å². The molecular formula is C24H17Cl4F7O2. The second-order valence-corrected chi connectivity index (χ2v) is 9.89. The monoisotopic (exact) mass is 610 g/mol.